The molecule has 1 unspecified atom stereocenters. The molecule has 7 heteroatoms. The number of alkyl halides is 1. The smallest absolute Gasteiger partial charge is 0.159 e. The largest absolute Gasteiger partial charge is 0.303 e. The summed E-state index contributed by atoms with van der Waals surface area (Å²) in [6, 6.07) is 0.183. The molecule has 0 aliphatic carbocycles. The van der Waals surface area contributed by atoms with E-state index in [0.29, 0.717) is 5.88 Å². The number of aromatic nitrogens is 5. The number of thiazole rings is 1. The lowest BCUT2D eigenvalue weighted by atomic mass is 10.2. The number of imidazole rings is 1. The minimum absolute atomic E-state index is 0.183. The summed E-state index contributed by atoms with van der Waals surface area (Å²) in [5, 5.41) is 7.61. The van der Waals surface area contributed by atoms with Crippen LogP contribution < -0.4 is 0 Å². The molecule has 112 valence electrons. The predicted molar refractivity (Wildman–Crippen MR) is 86.2 cm³/mol. The average molecular weight is 324 g/mol. The van der Waals surface area contributed by atoms with Gasteiger partial charge in [-0.15, -0.1) is 22.9 Å². The first-order chi connectivity index (χ1) is 10.2. The zero-order valence-corrected chi connectivity index (χ0v) is 13.9. The molecule has 0 radical (unpaired) electrons. The summed E-state index contributed by atoms with van der Waals surface area (Å²) in [5.41, 5.74) is 2.97. The Hall–Kier alpha value is -1.40. The van der Waals surface area contributed by atoms with Gasteiger partial charge in [-0.05, 0) is 13.3 Å². The summed E-state index contributed by atoms with van der Waals surface area (Å²) in [7, 11) is 1.96. The summed E-state index contributed by atoms with van der Waals surface area (Å²) in [6.07, 6.45) is 3.56. The monoisotopic (exact) mass is 323 g/mol. The predicted octanol–water partition coefficient (Wildman–Crippen LogP) is 3.32. The first-order valence-electron chi connectivity index (χ1n) is 7.03. The van der Waals surface area contributed by atoms with Crippen LogP contribution in [0.4, 0.5) is 0 Å². The third-order valence-electron chi connectivity index (χ3n) is 3.66. The van der Waals surface area contributed by atoms with E-state index in [1.807, 2.05) is 30.2 Å². The molecule has 0 saturated carbocycles. The van der Waals surface area contributed by atoms with E-state index in [-0.39, 0.29) is 6.04 Å². The highest BCUT2D eigenvalue weighted by Crippen LogP contribution is 2.30. The maximum atomic E-state index is 5.97. The van der Waals surface area contributed by atoms with Gasteiger partial charge in [0.2, 0.25) is 0 Å². The molecular formula is C14H18ClN5S. The number of hydrogen-bond acceptors (Lipinski definition) is 4. The van der Waals surface area contributed by atoms with E-state index in [1.165, 1.54) is 0 Å². The molecule has 3 heterocycles. The quantitative estimate of drug-likeness (QED) is 0.677. The molecule has 5 nitrogen and oxygen atoms in total. The number of fused-ring (bicyclic) bond motifs is 1. The molecule has 1 atom stereocenters. The van der Waals surface area contributed by atoms with E-state index in [2.05, 4.69) is 21.6 Å². The zero-order valence-electron chi connectivity index (χ0n) is 12.4. The van der Waals surface area contributed by atoms with E-state index in [0.717, 1.165) is 40.5 Å². The zero-order chi connectivity index (χ0) is 15.0. The summed E-state index contributed by atoms with van der Waals surface area (Å²) < 4.78 is 4.17. The second kappa shape index (κ2) is 5.77. The molecule has 0 fully saturated rings. The Labute approximate surface area is 132 Å². The van der Waals surface area contributed by atoms with Crippen molar-refractivity contribution in [1.82, 2.24) is 24.3 Å². The molecule has 0 saturated heterocycles. The SMILES string of the molecule is CCC(c1nccs1)n1c(CCCl)nc2c(C)nn(C)c21. The molecule has 0 aromatic carbocycles. The summed E-state index contributed by atoms with van der Waals surface area (Å²) in [4.78, 5) is 9.27. The van der Waals surface area contributed by atoms with Gasteiger partial charge < -0.3 is 4.57 Å². The standard InChI is InChI=1S/C14H18ClN5S/c1-4-10(13-16-7-8-21-13)20-11(5-6-15)17-12-9(2)18-19(3)14(12)20/h7-8,10H,4-6H2,1-3H3. The van der Waals surface area contributed by atoms with E-state index in [4.69, 9.17) is 16.6 Å². The maximum Gasteiger partial charge on any atom is 0.159 e. The van der Waals surface area contributed by atoms with Gasteiger partial charge in [0.15, 0.2) is 5.65 Å². The topological polar surface area (TPSA) is 48.5 Å². The fraction of sp³-hybridized carbons (Fsp3) is 0.500. The Bertz CT molecular complexity index is 743. The minimum atomic E-state index is 0.183. The number of rotatable bonds is 5. The van der Waals surface area contributed by atoms with Gasteiger partial charge in [0.25, 0.3) is 0 Å². The van der Waals surface area contributed by atoms with Gasteiger partial charge in [-0.1, -0.05) is 6.92 Å². The Morgan fingerprint density at radius 1 is 1.43 bits per heavy atom. The highest BCUT2D eigenvalue weighted by atomic mass is 35.5. The Morgan fingerprint density at radius 3 is 2.86 bits per heavy atom. The molecule has 0 aliphatic heterocycles. The van der Waals surface area contributed by atoms with Crippen LogP contribution in [-0.2, 0) is 13.5 Å². The molecule has 0 N–H and O–H groups in total. The van der Waals surface area contributed by atoms with Crippen molar-refractivity contribution in [3.8, 4) is 0 Å². The van der Waals surface area contributed by atoms with Crippen LogP contribution in [0.15, 0.2) is 11.6 Å². The normalized spacial score (nSPS) is 13.1. The number of nitrogens with zero attached hydrogens (tertiary/aromatic N) is 5. The van der Waals surface area contributed by atoms with Crippen LogP contribution in [0.3, 0.4) is 0 Å². The molecule has 0 spiro atoms. The van der Waals surface area contributed by atoms with Crippen molar-refractivity contribution in [2.45, 2.75) is 32.7 Å². The fourth-order valence-corrected chi connectivity index (χ4v) is 3.78. The van der Waals surface area contributed by atoms with Gasteiger partial charge >= 0.3 is 0 Å². The third-order valence-corrected chi connectivity index (χ3v) is 4.73. The minimum Gasteiger partial charge on any atom is -0.303 e. The van der Waals surface area contributed by atoms with Gasteiger partial charge in [-0.25, -0.2) is 9.97 Å². The molecule has 3 aromatic heterocycles. The Balaban J connectivity index is 2.25. The lowest BCUT2D eigenvalue weighted by Crippen LogP contribution is -2.15. The summed E-state index contributed by atoms with van der Waals surface area (Å²) in [5.74, 6) is 1.57. The van der Waals surface area contributed by atoms with Crippen molar-refractivity contribution in [3.05, 3.63) is 28.1 Å². The first-order valence-corrected chi connectivity index (χ1v) is 8.44. The van der Waals surface area contributed by atoms with Crippen molar-refractivity contribution >= 4 is 34.1 Å². The van der Waals surface area contributed by atoms with Crippen LogP contribution in [0.2, 0.25) is 0 Å². The summed E-state index contributed by atoms with van der Waals surface area (Å²) in [6.45, 7) is 4.17. The maximum absolute atomic E-state index is 5.97. The van der Waals surface area contributed by atoms with Crippen molar-refractivity contribution in [2.24, 2.45) is 7.05 Å². The van der Waals surface area contributed by atoms with Crippen LogP contribution in [0.25, 0.3) is 11.2 Å². The van der Waals surface area contributed by atoms with Crippen molar-refractivity contribution < 1.29 is 0 Å². The lowest BCUT2D eigenvalue weighted by Gasteiger charge is -2.18. The van der Waals surface area contributed by atoms with Crippen molar-refractivity contribution in [1.29, 1.82) is 0 Å². The molecule has 0 bridgehead atoms. The van der Waals surface area contributed by atoms with Crippen molar-refractivity contribution in [3.63, 3.8) is 0 Å². The Kier molecular flexibility index (Phi) is 3.99. The molecule has 3 rings (SSSR count). The van der Waals surface area contributed by atoms with Crippen molar-refractivity contribution in [2.75, 3.05) is 5.88 Å². The van der Waals surface area contributed by atoms with Gasteiger partial charge in [0, 0.05) is 30.9 Å². The second-order valence-electron chi connectivity index (χ2n) is 5.01. The van der Waals surface area contributed by atoms with Crippen LogP contribution in [-0.4, -0.2) is 30.2 Å². The number of hydrogen-bond donors (Lipinski definition) is 0. The van der Waals surface area contributed by atoms with Crippen LogP contribution in [0.5, 0.6) is 0 Å². The average Bonchev–Trinajstić information content (AvgIpc) is 3.14. The van der Waals surface area contributed by atoms with E-state index < -0.39 is 0 Å². The van der Waals surface area contributed by atoms with E-state index in [9.17, 15) is 0 Å². The molecule has 0 aliphatic rings. The second-order valence-corrected chi connectivity index (χ2v) is 6.32. The third kappa shape index (κ3) is 2.36. The number of halogens is 1. The first kappa shape index (κ1) is 14.5. The fourth-order valence-electron chi connectivity index (χ4n) is 2.80. The highest BCUT2D eigenvalue weighted by Gasteiger charge is 2.24. The van der Waals surface area contributed by atoms with Gasteiger partial charge in [-0.2, -0.15) is 5.10 Å². The van der Waals surface area contributed by atoms with Gasteiger partial charge in [-0.3, -0.25) is 4.68 Å². The molecule has 3 aromatic rings. The highest BCUT2D eigenvalue weighted by molar-refractivity contribution is 7.09. The van der Waals surface area contributed by atoms with E-state index in [1.54, 1.807) is 11.3 Å². The summed E-state index contributed by atoms with van der Waals surface area (Å²) >= 11 is 7.65. The molecular weight excluding hydrogens is 306 g/mol. The van der Waals surface area contributed by atoms with Gasteiger partial charge in [0.05, 0.1) is 11.7 Å². The van der Waals surface area contributed by atoms with Crippen LogP contribution in [0.1, 0.15) is 35.9 Å². The van der Waals surface area contributed by atoms with Crippen LogP contribution in [0, 0.1) is 6.92 Å². The Morgan fingerprint density at radius 2 is 2.24 bits per heavy atom. The lowest BCUT2D eigenvalue weighted by molar-refractivity contribution is 0.541. The molecule has 21 heavy (non-hydrogen) atoms. The van der Waals surface area contributed by atoms with Crippen LogP contribution >= 0.6 is 22.9 Å². The van der Waals surface area contributed by atoms with Gasteiger partial charge in [0.1, 0.15) is 16.3 Å². The number of aryl methyl sites for hydroxylation is 3. The van der Waals surface area contributed by atoms with E-state index >= 15 is 0 Å². The molecule has 0 amide bonds.